The highest BCUT2D eigenvalue weighted by atomic mass is 16.2. The van der Waals surface area contributed by atoms with Crippen molar-refractivity contribution in [2.45, 2.75) is 33.6 Å². The normalized spacial score (nSPS) is 9.33. The van der Waals surface area contributed by atoms with Gasteiger partial charge in [0.2, 0.25) is 0 Å². The monoisotopic (exact) mass is 212 g/mol. The predicted octanol–water partition coefficient (Wildman–Crippen LogP) is 1.56. The zero-order valence-corrected chi connectivity index (χ0v) is 9.94. The largest absolute Gasteiger partial charge is 0.383 e. The molecule has 0 amide bonds. The fourth-order valence-electron chi connectivity index (χ4n) is 1.19. The molecule has 0 radical (unpaired) electrons. The number of hydrogen-bond donors (Lipinski definition) is 2. The Kier molecular flexibility index (Phi) is 6.42. The fourth-order valence-corrected chi connectivity index (χ4v) is 1.19. The Morgan fingerprint density at radius 2 is 1.60 bits per heavy atom. The highest BCUT2D eigenvalue weighted by Crippen LogP contribution is 2.12. The van der Waals surface area contributed by atoms with E-state index >= 15 is 0 Å². The van der Waals surface area contributed by atoms with Crippen molar-refractivity contribution in [2.24, 2.45) is 0 Å². The molecule has 0 aliphatic rings. The second-order valence-electron chi connectivity index (χ2n) is 2.94. The van der Waals surface area contributed by atoms with E-state index < -0.39 is 10.9 Å². The molecule has 0 bridgehead atoms. The summed E-state index contributed by atoms with van der Waals surface area (Å²) in [6, 6.07) is 0. The molecule has 1 rings (SSSR count). The zero-order chi connectivity index (χ0) is 11.8. The lowest BCUT2D eigenvalue weighted by Crippen LogP contribution is -2.36. The van der Waals surface area contributed by atoms with Gasteiger partial charge in [-0.25, -0.2) is 0 Å². The van der Waals surface area contributed by atoms with E-state index in [0.717, 1.165) is 19.4 Å². The number of unbranched alkanes of at least 4 members (excludes halogenated alkanes) is 1. The Morgan fingerprint density at radius 3 is 2.07 bits per heavy atom. The van der Waals surface area contributed by atoms with E-state index in [0.29, 0.717) is 11.4 Å². The maximum absolute atomic E-state index is 11.0. The number of anilines is 2. The molecule has 0 saturated carbocycles. The molecule has 0 heterocycles. The van der Waals surface area contributed by atoms with Crippen LogP contribution in [-0.2, 0) is 0 Å². The Labute approximate surface area is 90.4 Å². The summed E-state index contributed by atoms with van der Waals surface area (Å²) < 4.78 is 0. The molecule has 15 heavy (non-hydrogen) atoms. The van der Waals surface area contributed by atoms with Gasteiger partial charge in [0.15, 0.2) is 0 Å². The summed E-state index contributed by atoms with van der Waals surface area (Å²) in [4.78, 5) is 21.9. The first kappa shape index (κ1) is 13.7. The van der Waals surface area contributed by atoms with Crippen molar-refractivity contribution in [3.63, 3.8) is 0 Å². The Bertz CT molecular complexity index is 351. The molecular formula is C11H20N2O2. The van der Waals surface area contributed by atoms with Gasteiger partial charge in [-0.2, -0.15) is 0 Å². The fraction of sp³-hybridized carbons (Fsp3) is 0.636. The molecule has 0 saturated heterocycles. The summed E-state index contributed by atoms with van der Waals surface area (Å²) in [7, 11) is 1.64. The maximum Gasteiger partial charge on any atom is 0.253 e. The first-order valence-electron chi connectivity index (χ1n) is 5.47. The predicted molar refractivity (Wildman–Crippen MR) is 65.6 cm³/mol. The van der Waals surface area contributed by atoms with E-state index in [1.165, 1.54) is 0 Å². The Balaban J connectivity index is 0.000000921. The topological polar surface area (TPSA) is 58.2 Å². The molecule has 86 valence electrons. The van der Waals surface area contributed by atoms with Crippen LogP contribution in [0.4, 0.5) is 11.4 Å². The minimum absolute atomic E-state index is 0.402. The number of hydrogen-bond acceptors (Lipinski definition) is 4. The van der Waals surface area contributed by atoms with Crippen LogP contribution in [0.2, 0.25) is 0 Å². The van der Waals surface area contributed by atoms with Gasteiger partial charge in [0.05, 0.1) is 0 Å². The van der Waals surface area contributed by atoms with Gasteiger partial charge in [0.25, 0.3) is 10.9 Å². The smallest absolute Gasteiger partial charge is 0.253 e. The van der Waals surface area contributed by atoms with Crippen molar-refractivity contribution in [2.75, 3.05) is 24.2 Å². The van der Waals surface area contributed by atoms with Crippen LogP contribution < -0.4 is 21.5 Å². The summed E-state index contributed by atoms with van der Waals surface area (Å²) in [6.07, 6.45) is 2.07. The number of rotatable bonds is 5. The molecule has 0 fully saturated rings. The number of nitrogens with one attached hydrogen (secondary N) is 2. The van der Waals surface area contributed by atoms with Gasteiger partial charge in [0.1, 0.15) is 11.4 Å². The van der Waals surface area contributed by atoms with E-state index in [4.69, 9.17) is 0 Å². The summed E-state index contributed by atoms with van der Waals surface area (Å²) in [5.74, 6) is 0. The lowest BCUT2D eigenvalue weighted by atomic mass is 10.2. The molecule has 0 atom stereocenters. The van der Waals surface area contributed by atoms with E-state index in [9.17, 15) is 9.59 Å². The highest BCUT2D eigenvalue weighted by molar-refractivity contribution is 5.73. The van der Waals surface area contributed by atoms with Crippen LogP contribution in [0.5, 0.6) is 0 Å². The highest BCUT2D eigenvalue weighted by Gasteiger charge is 2.18. The van der Waals surface area contributed by atoms with E-state index in [1.807, 2.05) is 13.8 Å². The van der Waals surface area contributed by atoms with Gasteiger partial charge in [-0.15, -0.1) is 0 Å². The molecule has 0 aromatic heterocycles. The Hall–Kier alpha value is -1.32. The molecule has 4 nitrogen and oxygen atoms in total. The van der Waals surface area contributed by atoms with Crippen molar-refractivity contribution in [1.29, 1.82) is 0 Å². The average Bonchev–Trinajstić information content (AvgIpc) is 2.30. The van der Waals surface area contributed by atoms with Crippen molar-refractivity contribution in [3.8, 4) is 0 Å². The molecule has 1 aromatic carbocycles. The van der Waals surface area contributed by atoms with Crippen LogP contribution in [-0.4, -0.2) is 13.6 Å². The van der Waals surface area contributed by atoms with Crippen LogP contribution >= 0.6 is 0 Å². The average molecular weight is 212 g/mol. The third-order valence-electron chi connectivity index (χ3n) is 1.99. The standard InChI is InChI=1S/C9H14N2O2.C2H6/c1-3-4-5-11-7-6(10-2)8(12)9(7)13;1-2/h10-11H,3-5H2,1-2H3;1-2H3. The maximum atomic E-state index is 11.0. The summed E-state index contributed by atoms with van der Waals surface area (Å²) in [5, 5.41) is 5.65. The molecular weight excluding hydrogens is 192 g/mol. The third-order valence-corrected chi connectivity index (χ3v) is 1.99. The first-order valence-corrected chi connectivity index (χ1v) is 5.47. The second-order valence-corrected chi connectivity index (χ2v) is 2.94. The van der Waals surface area contributed by atoms with E-state index in [-0.39, 0.29) is 0 Å². The van der Waals surface area contributed by atoms with Crippen LogP contribution in [0, 0.1) is 0 Å². The van der Waals surface area contributed by atoms with Gasteiger partial charge in [0, 0.05) is 13.6 Å². The van der Waals surface area contributed by atoms with Gasteiger partial charge in [-0.1, -0.05) is 27.2 Å². The minimum atomic E-state index is -0.415. The van der Waals surface area contributed by atoms with Crippen LogP contribution in [0.1, 0.15) is 33.6 Å². The van der Waals surface area contributed by atoms with Crippen molar-refractivity contribution < 1.29 is 0 Å². The third kappa shape index (κ3) is 3.08. The SMILES string of the molecule is CC.CCCCNc1c(NC)c(=O)c1=O. The molecule has 0 spiro atoms. The van der Waals surface area contributed by atoms with Crippen molar-refractivity contribution in [3.05, 3.63) is 20.4 Å². The van der Waals surface area contributed by atoms with Gasteiger partial charge in [-0.3, -0.25) is 9.59 Å². The minimum Gasteiger partial charge on any atom is -0.383 e. The van der Waals surface area contributed by atoms with Crippen molar-refractivity contribution >= 4 is 11.4 Å². The zero-order valence-electron chi connectivity index (χ0n) is 9.94. The second kappa shape index (κ2) is 7.04. The molecule has 4 heteroatoms. The van der Waals surface area contributed by atoms with Gasteiger partial charge >= 0.3 is 0 Å². The summed E-state index contributed by atoms with van der Waals surface area (Å²) in [5.41, 5.74) is 0.0454. The Morgan fingerprint density at radius 1 is 1.07 bits per heavy atom. The first-order chi connectivity index (χ1) is 7.22. The van der Waals surface area contributed by atoms with Crippen LogP contribution in [0.15, 0.2) is 9.59 Å². The van der Waals surface area contributed by atoms with Crippen LogP contribution in [0.3, 0.4) is 0 Å². The van der Waals surface area contributed by atoms with E-state index in [2.05, 4.69) is 17.6 Å². The molecule has 1 aromatic rings. The summed E-state index contributed by atoms with van der Waals surface area (Å²) >= 11 is 0. The lowest BCUT2D eigenvalue weighted by Gasteiger charge is -2.11. The van der Waals surface area contributed by atoms with Gasteiger partial charge in [-0.05, 0) is 6.42 Å². The summed E-state index contributed by atoms with van der Waals surface area (Å²) in [6.45, 7) is 6.82. The van der Waals surface area contributed by atoms with Crippen LogP contribution in [0.25, 0.3) is 0 Å². The quantitative estimate of drug-likeness (QED) is 0.574. The lowest BCUT2D eigenvalue weighted by molar-refractivity contribution is 0.833. The molecule has 0 aliphatic carbocycles. The molecule has 2 N–H and O–H groups in total. The molecule has 0 unspecified atom stereocenters. The van der Waals surface area contributed by atoms with E-state index in [1.54, 1.807) is 7.05 Å². The van der Waals surface area contributed by atoms with Gasteiger partial charge < -0.3 is 10.6 Å². The molecule has 0 aliphatic heterocycles. The van der Waals surface area contributed by atoms with Crippen molar-refractivity contribution in [1.82, 2.24) is 0 Å².